The number of hydrogen-bond acceptors (Lipinski definition) is 9. The number of ether oxygens (including phenoxy) is 3. The summed E-state index contributed by atoms with van der Waals surface area (Å²) >= 11 is 1.23. The number of nitriles is 1. The molecule has 6 rings (SSSR count). The SMILES string of the molecule is CN1CC=NC1c1cc(Sc2ccccc2C(=O)O)ccc1Oc1c(F)cnc(Oc2cc(C#N)ccc2OCc2ccccc2)c1F. The number of carboxylic acids is 1. The number of pyridine rings is 1. The van der Waals surface area contributed by atoms with Crippen LogP contribution in [0.3, 0.4) is 0 Å². The summed E-state index contributed by atoms with van der Waals surface area (Å²) in [5.41, 5.74) is 1.74. The number of aliphatic imine (C=N–C) groups is 1. The minimum Gasteiger partial charge on any atom is -0.485 e. The van der Waals surface area contributed by atoms with E-state index in [1.807, 2.05) is 48.3 Å². The summed E-state index contributed by atoms with van der Waals surface area (Å²) in [6.45, 7) is 0.712. The highest BCUT2D eigenvalue weighted by molar-refractivity contribution is 7.99. The predicted octanol–water partition coefficient (Wildman–Crippen LogP) is 8.26. The number of carbonyl (C=O) groups is 1. The van der Waals surface area contributed by atoms with Gasteiger partial charge in [0.1, 0.15) is 18.5 Å². The van der Waals surface area contributed by atoms with Crippen LogP contribution in [0.4, 0.5) is 8.78 Å². The molecule has 0 fully saturated rings. The molecule has 4 aromatic carbocycles. The van der Waals surface area contributed by atoms with E-state index in [1.165, 1.54) is 36.0 Å². The van der Waals surface area contributed by atoms with Crippen LogP contribution in [-0.4, -0.2) is 40.8 Å². The molecule has 0 aliphatic carbocycles. The Morgan fingerprint density at radius 2 is 1.77 bits per heavy atom. The molecule has 9 nitrogen and oxygen atoms in total. The first-order valence-corrected chi connectivity index (χ1v) is 15.4. The van der Waals surface area contributed by atoms with Gasteiger partial charge in [0.15, 0.2) is 17.3 Å². The smallest absolute Gasteiger partial charge is 0.336 e. The molecule has 2 heterocycles. The maximum absolute atomic E-state index is 16.0. The van der Waals surface area contributed by atoms with E-state index in [9.17, 15) is 15.2 Å². The zero-order chi connectivity index (χ0) is 33.6. The van der Waals surface area contributed by atoms with Crippen LogP contribution in [0.5, 0.6) is 28.9 Å². The van der Waals surface area contributed by atoms with Crippen LogP contribution in [0.2, 0.25) is 0 Å². The van der Waals surface area contributed by atoms with Crippen molar-refractivity contribution in [1.82, 2.24) is 9.88 Å². The lowest BCUT2D eigenvalue weighted by Crippen LogP contribution is -2.19. The van der Waals surface area contributed by atoms with E-state index in [-0.39, 0.29) is 35.0 Å². The summed E-state index contributed by atoms with van der Waals surface area (Å²) < 4.78 is 48.7. The highest BCUT2D eigenvalue weighted by atomic mass is 32.2. The lowest BCUT2D eigenvalue weighted by molar-refractivity contribution is 0.0693. The molecule has 0 radical (unpaired) electrons. The van der Waals surface area contributed by atoms with Crippen LogP contribution >= 0.6 is 11.8 Å². The van der Waals surface area contributed by atoms with Gasteiger partial charge in [0.2, 0.25) is 11.6 Å². The third-order valence-electron chi connectivity index (χ3n) is 7.27. The van der Waals surface area contributed by atoms with E-state index in [4.69, 9.17) is 14.2 Å². The molecule has 0 spiro atoms. The van der Waals surface area contributed by atoms with Crippen molar-refractivity contribution in [3.63, 3.8) is 0 Å². The summed E-state index contributed by atoms with van der Waals surface area (Å²) in [6.07, 6.45) is 1.97. The number of carboxylic acid groups (broad SMARTS) is 1. The van der Waals surface area contributed by atoms with Gasteiger partial charge in [0, 0.05) is 34.2 Å². The highest BCUT2D eigenvalue weighted by Crippen LogP contribution is 2.42. The van der Waals surface area contributed by atoms with Gasteiger partial charge >= 0.3 is 5.97 Å². The first-order chi connectivity index (χ1) is 23.3. The van der Waals surface area contributed by atoms with E-state index in [0.717, 1.165) is 11.8 Å². The molecule has 240 valence electrons. The number of nitrogens with zero attached hydrogens (tertiary/aromatic N) is 4. The molecule has 1 unspecified atom stereocenters. The quantitative estimate of drug-likeness (QED) is 0.149. The van der Waals surface area contributed by atoms with Crippen LogP contribution in [0.15, 0.2) is 112 Å². The second kappa shape index (κ2) is 14.3. The van der Waals surface area contributed by atoms with Gasteiger partial charge < -0.3 is 19.3 Å². The number of halogens is 2. The Morgan fingerprint density at radius 1 is 1.00 bits per heavy atom. The lowest BCUT2D eigenvalue weighted by Gasteiger charge is -2.22. The van der Waals surface area contributed by atoms with Crippen molar-refractivity contribution >= 4 is 23.9 Å². The molecular weight excluding hydrogens is 638 g/mol. The van der Waals surface area contributed by atoms with Gasteiger partial charge in [-0.3, -0.25) is 9.89 Å². The average Bonchev–Trinajstić information content (AvgIpc) is 3.53. The standard InChI is InChI=1S/C36H26F2N4O5S/c1-42-16-15-40-34(42)26-18-24(48-31-10-6-5-9-25(31)36(43)44)12-14-28(26)46-33-27(37)20-41-35(32(33)38)47-30-17-23(19-39)11-13-29(30)45-21-22-7-3-2-4-8-22/h2-15,17-18,20,34H,16,21H2,1H3,(H,43,44). The van der Waals surface area contributed by atoms with Crippen LogP contribution in [0.25, 0.3) is 0 Å². The highest BCUT2D eigenvalue weighted by Gasteiger charge is 2.27. The number of rotatable bonds is 11. The number of benzene rings is 4. The molecule has 1 aliphatic rings. The van der Waals surface area contributed by atoms with Crippen molar-refractivity contribution in [3.05, 3.63) is 131 Å². The summed E-state index contributed by atoms with van der Waals surface area (Å²) in [6, 6.07) is 27.3. The lowest BCUT2D eigenvalue weighted by atomic mass is 10.1. The summed E-state index contributed by atoms with van der Waals surface area (Å²) in [5.74, 6) is -4.37. The fourth-order valence-electron chi connectivity index (χ4n) is 4.87. The van der Waals surface area contributed by atoms with E-state index in [0.29, 0.717) is 21.9 Å². The molecule has 0 saturated heterocycles. The predicted molar refractivity (Wildman–Crippen MR) is 174 cm³/mol. The molecule has 48 heavy (non-hydrogen) atoms. The Hall–Kier alpha value is -5.77. The molecular formula is C36H26F2N4O5S. The van der Waals surface area contributed by atoms with E-state index in [2.05, 4.69) is 9.98 Å². The molecule has 0 amide bonds. The Bertz CT molecular complexity index is 2060. The molecule has 5 aromatic rings. The van der Waals surface area contributed by atoms with Crippen LogP contribution in [0, 0.1) is 23.0 Å². The van der Waals surface area contributed by atoms with Crippen LogP contribution in [-0.2, 0) is 6.61 Å². The normalized spacial score (nSPS) is 14.0. The topological polar surface area (TPSA) is 117 Å². The van der Waals surface area contributed by atoms with Gasteiger partial charge in [-0.15, -0.1) is 0 Å². The summed E-state index contributed by atoms with van der Waals surface area (Å²) in [7, 11) is 1.84. The summed E-state index contributed by atoms with van der Waals surface area (Å²) in [4.78, 5) is 23.2. The maximum Gasteiger partial charge on any atom is 0.336 e. The van der Waals surface area contributed by atoms with Gasteiger partial charge in [0.25, 0.3) is 5.88 Å². The molecule has 1 aromatic heterocycles. The van der Waals surface area contributed by atoms with Crippen molar-refractivity contribution in [2.75, 3.05) is 13.6 Å². The first kappa shape index (κ1) is 32.2. The minimum absolute atomic E-state index is 0.000402. The second-order valence-electron chi connectivity index (χ2n) is 10.6. The fourth-order valence-corrected chi connectivity index (χ4v) is 5.86. The Kier molecular flexibility index (Phi) is 9.61. The Balaban J connectivity index is 1.32. The van der Waals surface area contributed by atoms with Gasteiger partial charge in [-0.05, 0) is 55.1 Å². The van der Waals surface area contributed by atoms with E-state index in [1.54, 1.807) is 42.6 Å². The van der Waals surface area contributed by atoms with E-state index < -0.39 is 35.4 Å². The molecule has 1 N–H and O–H groups in total. The largest absolute Gasteiger partial charge is 0.485 e. The van der Waals surface area contributed by atoms with E-state index >= 15 is 8.78 Å². The van der Waals surface area contributed by atoms with Gasteiger partial charge in [-0.2, -0.15) is 9.65 Å². The molecule has 12 heteroatoms. The van der Waals surface area contributed by atoms with Crippen molar-refractivity contribution in [2.45, 2.75) is 22.6 Å². The monoisotopic (exact) mass is 664 g/mol. The number of aromatic carboxylic acids is 1. The van der Waals surface area contributed by atoms with Crippen molar-refractivity contribution in [3.8, 4) is 34.9 Å². The Morgan fingerprint density at radius 3 is 2.52 bits per heavy atom. The van der Waals surface area contributed by atoms with Gasteiger partial charge in [0.05, 0.1) is 23.4 Å². The molecule has 1 atom stereocenters. The van der Waals surface area contributed by atoms with Crippen molar-refractivity contribution in [2.24, 2.45) is 4.99 Å². The minimum atomic E-state index is -1.21. The Labute approximate surface area is 278 Å². The van der Waals surface area contributed by atoms with Gasteiger partial charge in [-0.1, -0.05) is 54.2 Å². The first-order valence-electron chi connectivity index (χ1n) is 14.6. The number of hydrogen-bond donors (Lipinski definition) is 1. The maximum atomic E-state index is 16.0. The third-order valence-corrected chi connectivity index (χ3v) is 8.33. The van der Waals surface area contributed by atoms with Crippen LogP contribution in [0.1, 0.15) is 33.2 Å². The number of aromatic nitrogens is 1. The fraction of sp³-hybridized carbons (Fsp3) is 0.111. The van der Waals surface area contributed by atoms with Crippen molar-refractivity contribution in [1.29, 1.82) is 5.26 Å². The van der Waals surface area contributed by atoms with Gasteiger partial charge in [-0.25, -0.2) is 14.2 Å². The zero-order valence-corrected chi connectivity index (χ0v) is 26.2. The molecule has 0 bridgehead atoms. The third kappa shape index (κ3) is 7.12. The van der Waals surface area contributed by atoms with Crippen molar-refractivity contribution < 1.29 is 32.9 Å². The molecule has 1 aliphatic heterocycles. The second-order valence-corrected chi connectivity index (χ2v) is 11.7. The summed E-state index contributed by atoms with van der Waals surface area (Å²) in [5, 5.41) is 19.1. The van der Waals surface area contributed by atoms with Crippen LogP contribution < -0.4 is 14.2 Å². The average molecular weight is 665 g/mol. The zero-order valence-electron chi connectivity index (χ0n) is 25.3. The molecule has 0 saturated carbocycles.